The molecule has 0 spiro atoms. The molecular formula is C12H14N4O3. The molecule has 0 amide bonds. The molecule has 0 aliphatic rings. The van der Waals surface area contributed by atoms with E-state index in [2.05, 4.69) is 20.2 Å². The van der Waals surface area contributed by atoms with Crippen molar-refractivity contribution < 1.29 is 14.1 Å². The van der Waals surface area contributed by atoms with Crippen molar-refractivity contribution >= 4 is 17.3 Å². The summed E-state index contributed by atoms with van der Waals surface area (Å²) < 4.78 is 9.53. The second-order valence-electron chi connectivity index (χ2n) is 3.77. The van der Waals surface area contributed by atoms with Crippen molar-refractivity contribution in [2.75, 3.05) is 24.7 Å². The van der Waals surface area contributed by atoms with Crippen LogP contribution in [0.1, 0.15) is 16.2 Å². The number of nitrogens with one attached hydrogen (secondary N) is 1. The first-order valence-electron chi connectivity index (χ1n) is 5.68. The maximum atomic E-state index is 11.5. The number of hydrogen-bond acceptors (Lipinski definition) is 7. The Hall–Kier alpha value is -2.57. The fourth-order valence-electron chi connectivity index (χ4n) is 1.62. The molecule has 1 heterocycles. The molecule has 0 saturated heterocycles. The van der Waals surface area contributed by atoms with Crippen molar-refractivity contribution in [3.8, 4) is 0 Å². The Morgan fingerprint density at radius 1 is 1.53 bits per heavy atom. The summed E-state index contributed by atoms with van der Waals surface area (Å²) in [6, 6.07) is 5.14. The van der Waals surface area contributed by atoms with Crippen LogP contribution in [0.15, 0.2) is 29.0 Å². The van der Waals surface area contributed by atoms with Crippen LogP contribution in [0.5, 0.6) is 0 Å². The molecular weight excluding hydrogens is 248 g/mol. The lowest BCUT2D eigenvalue weighted by molar-refractivity contribution is 0.0602. The van der Waals surface area contributed by atoms with E-state index in [1.807, 2.05) is 0 Å². The molecule has 100 valence electrons. The van der Waals surface area contributed by atoms with Crippen LogP contribution >= 0.6 is 0 Å². The number of hydrogen-bond donors (Lipinski definition) is 2. The maximum absolute atomic E-state index is 11.5. The minimum atomic E-state index is -0.460. The number of rotatable bonds is 5. The number of nitrogens with zero attached hydrogens (tertiary/aromatic N) is 2. The molecule has 0 radical (unpaired) electrons. The molecule has 0 atom stereocenters. The highest BCUT2D eigenvalue weighted by molar-refractivity contribution is 5.98. The highest BCUT2D eigenvalue weighted by atomic mass is 16.5. The largest absolute Gasteiger partial charge is 0.465 e. The monoisotopic (exact) mass is 262 g/mol. The number of methoxy groups -OCH3 is 1. The van der Waals surface area contributed by atoms with Gasteiger partial charge in [0.05, 0.1) is 24.0 Å². The first kappa shape index (κ1) is 12.9. The van der Waals surface area contributed by atoms with Crippen molar-refractivity contribution in [1.29, 1.82) is 0 Å². The van der Waals surface area contributed by atoms with Gasteiger partial charge in [-0.05, 0) is 12.1 Å². The molecule has 19 heavy (non-hydrogen) atoms. The van der Waals surface area contributed by atoms with Crippen molar-refractivity contribution in [2.24, 2.45) is 0 Å². The molecule has 2 rings (SSSR count). The fraction of sp³-hybridized carbons (Fsp3) is 0.250. The quantitative estimate of drug-likeness (QED) is 0.614. The minimum Gasteiger partial charge on any atom is -0.465 e. The molecule has 0 aliphatic carbocycles. The van der Waals surface area contributed by atoms with E-state index in [1.165, 1.54) is 13.4 Å². The third-order valence-corrected chi connectivity index (χ3v) is 2.57. The van der Waals surface area contributed by atoms with Crippen molar-refractivity contribution in [3.05, 3.63) is 36.0 Å². The molecule has 7 nitrogen and oxygen atoms in total. The summed E-state index contributed by atoms with van der Waals surface area (Å²) in [5, 5.41) is 6.62. The summed E-state index contributed by atoms with van der Waals surface area (Å²) in [6.07, 6.45) is 1.92. The van der Waals surface area contributed by atoms with Gasteiger partial charge in [-0.1, -0.05) is 11.2 Å². The van der Waals surface area contributed by atoms with Crippen LogP contribution in [0.2, 0.25) is 0 Å². The number of carbonyl (C=O) groups excluding carboxylic acids is 1. The summed E-state index contributed by atoms with van der Waals surface area (Å²) in [5.74, 6) is 0.0771. The van der Waals surface area contributed by atoms with Gasteiger partial charge in [0.1, 0.15) is 0 Å². The topological polar surface area (TPSA) is 103 Å². The van der Waals surface area contributed by atoms with Crippen LogP contribution < -0.4 is 11.1 Å². The molecule has 0 unspecified atom stereocenters. The summed E-state index contributed by atoms with van der Waals surface area (Å²) in [7, 11) is 1.32. The zero-order chi connectivity index (χ0) is 13.7. The summed E-state index contributed by atoms with van der Waals surface area (Å²) >= 11 is 0. The highest BCUT2D eigenvalue weighted by Crippen LogP contribution is 2.23. The maximum Gasteiger partial charge on any atom is 0.340 e. The van der Waals surface area contributed by atoms with Crippen LogP contribution in [0, 0.1) is 0 Å². The number of esters is 1. The Labute approximate surface area is 109 Å². The predicted octanol–water partition coefficient (Wildman–Crippen LogP) is 1.09. The lowest BCUT2D eigenvalue weighted by Crippen LogP contribution is -2.11. The number of nitrogens with two attached hydrogens (primary N) is 1. The third-order valence-electron chi connectivity index (χ3n) is 2.57. The van der Waals surface area contributed by atoms with Crippen LogP contribution in [0.3, 0.4) is 0 Å². The van der Waals surface area contributed by atoms with E-state index in [0.29, 0.717) is 35.8 Å². The molecule has 0 aliphatic heterocycles. The highest BCUT2D eigenvalue weighted by Gasteiger charge is 2.12. The second-order valence-corrected chi connectivity index (χ2v) is 3.77. The van der Waals surface area contributed by atoms with E-state index in [0.717, 1.165) is 0 Å². The number of anilines is 2. The normalized spacial score (nSPS) is 10.2. The zero-order valence-corrected chi connectivity index (χ0v) is 10.4. The SMILES string of the molecule is COC(=O)c1cccc(NCCc2ncno2)c1N. The second kappa shape index (κ2) is 5.85. The van der Waals surface area contributed by atoms with Crippen molar-refractivity contribution in [2.45, 2.75) is 6.42 Å². The van der Waals surface area contributed by atoms with Gasteiger partial charge in [0.15, 0.2) is 6.33 Å². The van der Waals surface area contributed by atoms with Crippen LogP contribution in [0.25, 0.3) is 0 Å². The third kappa shape index (κ3) is 3.01. The van der Waals surface area contributed by atoms with Crippen LogP contribution in [0.4, 0.5) is 11.4 Å². The van der Waals surface area contributed by atoms with Gasteiger partial charge in [0.25, 0.3) is 0 Å². The van der Waals surface area contributed by atoms with Gasteiger partial charge in [0.2, 0.25) is 5.89 Å². The predicted molar refractivity (Wildman–Crippen MR) is 68.7 cm³/mol. The van der Waals surface area contributed by atoms with Crippen LogP contribution in [-0.2, 0) is 11.2 Å². The average molecular weight is 262 g/mol. The van der Waals surface area contributed by atoms with E-state index in [1.54, 1.807) is 18.2 Å². The molecule has 2 aromatic rings. The van der Waals surface area contributed by atoms with E-state index >= 15 is 0 Å². The number of carbonyl (C=O) groups is 1. The Morgan fingerprint density at radius 3 is 3.05 bits per heavy atom. The Morgan fingerprint density at radius 2 is 2.37 bits per heavy atom. The smallest absolute Gasteiger partial charge is 0.340 e. The average Bonchev–Trinajstić information content (AvgIpc) is 2.93. The van der Waals surface area contributed by atoms with Crippen molar-refractivity contribution in [1.82, 2.24) is 10.1 Å². The van der Waals surface area contributed by atoms with Gasteiger partial charge in [-0.25, -0.2) is 4.79 Å². The molecule has 7 heteroatoms. The standard InChI is InChI=1S/C12H14N4O3/c1-18-12(17)8-3-2-4-9(11(8)13)14-6-5-10-15-7-16-19-10/h2-4,7,14H,5-6,13H2,1H3. The van der Waals surface area contributed by atoms with Crippen LogP contribution in [-0.4, -0.2) is 29.8 Å². The van der Waals surface area contributed by atoms with Gasteiger partial charge in [-0.15, -0.1) is 0 Å². The van der Waals surface area contributed by atoms with E-state index in [-0.39, 0.29) is 0 Å². The van der Waals surface area contributed by atoms with E-state index in [4.69, 9.17) is 10.3 Å². The summed E-state index contributed by atoms with van der Waals surface area (Å²) in [6.45, 7) is 0.566. The molecule has 0 fully saturated rings. The zero-order valence-electron chi connectivity index (χ0n) is 10.4. The minimum absolute atomic E-state index is 0.338. The lowest BCUT2D eigenvalue weighted by Gasteiger charge is -2.11. The van der Waals surface area contributed by atoms with E-state index in [9.17, 15) is 4.79 Å². The molecule has 1 aromatic heterocycles. The van der Waals surface area contributed by atoms with Gasteiger partial charge in [-0.2, -0.15) is 4.98 Å². The first-order chi connectivity index (χ1) is 9.22. The van der Waals surface area contributed by atoms with Gasteiger partial charge in [-0.3, -0.25) is 0 Å². The number of ether oxygens (including phenoxy) is 1. The molecule has 3 N–H and O–H groups in total. The van der Waals surface area contributed by atoms with Gasteiger partial charge in [0, 0.05) is 13.0 Å². The summed E-state index contributed by atoms with van der Waals surface area (Å²) in [5.41, 5.74) is 7.27. The van der Waals surface area contributed by atoms with Gasteiger partial charge >= 0.3 is 5.97 Å². The van der Waals surface area contributed by atoms with E-state index < -0.39 is 5.97 Å². The molecule has 0 saturated carbocycles. The number of para-hydroxylation sites is 1. The number of aromatic nitrogens is 2. The molecule has 0 bridgehead atoms. The summed E-state index contributed by atoms with van der Waals surface area (Å²) in [4.78, 5) is 15.4. The molecule has 1 aromatic carbocycles. The Bertz CT molecular complexity index is 554. The Balaban J connectivity index is 2.02. The fourth-order valence-corrected chi connectivity index (χ4v) is 1.62. The number of nitrogen functional groups attached to an aromatic ring is 1. The van der Waals surface area contributed by atoms with Gasteiger partial charge < -0.3 is 20.3 Å². The Kier molecular flexibility index (Phi) is 3.97. The van der Waals surface area contributed by atoms with Crippen molar-refractivity contribution in [3.63, 3.8) is 0 Å². The number of benzene rings is 1. The lowest BCUT2D eigenvalue weighted by atomic mass is 10.1. The first-order valence-corrected chi connectivity index (χ1v) is 5.68.